The Morgan fingerprint density at radius 2 is 1.64 bits per heavy atom. The standard InChI is InChI=1S/C24H18BrClN6S/c25-19-8-6-17(7-9-19)15-31-29-23(28-30-31)22-14-27-32(21-12-10-20(26)11-13-21)24(22)33-16-18-4-2-1-3-5-18/h1-14H,15-16H2. The van der Waals surface area contributed by atoms with Gasteiger partial charge in [-0.25, -0.2) is 4.68 Å². The molecule has 5 aromatic rings. The van der Waals surface area contributed by atoms with Crippen LogP contribution >= 0.6 is 39.3 Å². The van der Waals surface area contributed by atoms with E-state index in [1.54, 1.807) is 22.8 Å². The molecule has 9 heteroatoms. The van der Waals surface area contributed by atoms with Crippen molar-refractivity contribution < 1.29 is 0 Å². The predicted molar refractivity (Wildman–Crippen MR) is 135 cm³/mol. The van der Waals surface area contributed by atoms with Gasteiger partial charge in [0.05, 0.1) is 24.0 Å². The van der Waals surface area contributed by atoms with E-state index in [-0.39, 0.29) is 0 Å². The zero-order chi connectivity index (χ0) is 22.6. The van der Waals surface area contributed by atoms with E-state index in [0.717, 1.165) is 32.1 Å². The molecule has 0 atom stereocenters. The summed E-state index contributed by atoms with van der Waals surface area (Å²) in [4.78, 5) is 1.60. The molecule has 0 aliphatic heterocycles. The van der Waals surface area contributed by atoms with Crippen molar-refractivity contribution >= 4 is 39.3 Å². The van der Waals surface area contributed by atoms with Gasteiger partial charge in [-0.05, 0) is 52.7 Å². The van der Waals surface area contributed by atoms with Gasteiger partial charge in [0.2, 0.25) is 5.82 Å². The maximum absolute atomic E-state index is 6.09. The van der Waals surface area contributed by atoms with E-state index >= 15 is 0 Å². The van der Waals surface area contributed by atoms with Crippen molar-refractivity contribution in [1.82, 2.24) is 30.0 Å². The third-order valence-corrected chi connectivity index (χ3v) is 6.87. The zero-order valence-electron chi connectivity index (χ0n) is 17.3. The summed E-state index contributed by atoms with van der Waals surface area (Å²) < 4.78 is 2.93. The van der Waals surface area contributed by atoms with Crippen LogP contribution in [-0.2, 0) is 12.3 Å². The van der Waals surface area contributed by atoms with Gasteiger partial charge in [-0.15, -0.1) is 22.0 Å². The topological polar surface area (TPSA) is 61.4 Å². The number of tetrazole rings is 1. The van der Waals surface area contributed by atoms with Crippen molar-refractivity contribution in [2.24, 2.45) is 0 Å². The molecular weight excluding hydrogens is 520 g/mol. The minimum atomic E-state index is 0.540. The minimum Gasteiger partial charge on any atom is -0.226 e. The SMILES string of the molecule is Clc1ccc(-n2ncc(-c3nnn(Cc4ccc(Br)cc4)n3)c2SCc2ccccc2)cc1. The average Bonchev–Trinajstić information content (AvgIpc) is 3.47. The quantitative estimate of drug-likeness (QED) is 0.229. The minimum absolute atomic E-state index is 0.540. The number of thioether (sulfide) groups is 1. The first-order valence-corrected chi connectivity index (χ1v) is 12.3. The Morgan fingerprint density at radius 3 is 2.39 bits per heavy atom. The van der Waals surface area contributed by atoms with Crippen LogP contribution in [0.4, 0.5) is 0 Å². The molecule has 0 amide bonds. The van der Waals surface area contributed by atoms with Gasteiger partial charge in [-0.2, -0.15) is 9.90 Å². The number of benzene rings is 3. The number of aromatic nitrogens is 6. The van der Waals surface area contributed by atoms with E-state index in [0.29, 0.717) is 17.4 Å². The first kappa shape index (κ1) is 21.9. The molecule has 0 unspecified atom stereocenters. The third kappa shape index (κ3) is 5.19. The van der Waals surface area contributed by atoms with Crippen molar-refractivity contribution in [2.45, 2.75) is 17.3 Å². The summed E-state index contributed by atoms with van der Waals surface area (Å²) in [5.74, 6) is 1.34. The molecule has 3 aromatic carbocycles. The molecule has 5 rings (SSSR count). The summed E-state index contributed by atoms with van der Waals surface area (Å²) in [6.45, 7) is 0.540. The molecule has 6 nitrogen and oxygen atoms in total. The fourth-order valence-corrected chi connectivity index (χ4v) is 4.75. The predicted octanol–water partition coefficient (Wildman–Crippen LogP) is 6.28. The van der Waals surface area contributed by atoms with Crippen molar-refractivity contribution in [2.75, 3.05) is 0 Å². The zero-order valence-corrected chi connectivity index (χ0v) is 20.5. The van der Waals surface area contributed by atoms with Crippen LogP contribution in [0.1, 0.15) is 11.1 Å². The Morgan fingerprint density at radius 1 is 0.879 bits per heavy atom. The average molecular weight is 538 g/mol. The van der Waals surface area contributed by atoms with Gasteiger partial charge >= 0.3 is 0 Å². The van der Waals surface area contributed by atoms with Gasteiger partial charge in [0.25, 0.3) is 0 Å². The normalized spacial score (nSPS) is 11.1. The summed E-state index contributed by atoms with van der Waals surface area (Å²) >= 11 is 11.2. The lowest BCUT2D eigenvalue weighted by molar-refractivity contribution is 0.573. The molecule has 0 saturated carbocycles. The lowest BCUT2D eigenvalue weighted by atomic mass is 10.2. The summed E-state index contributed by atoms with van der Waals surface area (Å²) in [5, 5.41) is 19.5. The van der Waals surface area contributed by atoms with Gasteiger partial charge < -0.3 is 0 Å². The summed E-state index contributed by atoms with van der Waals surface area (Å²) in [6.07, 6.45) is 1.79. The molecule has 0 saturated heterocycles. The number of nitrogens with zero attached hydrogens (tertiary/aromatic N) is 6. The van der Waals surface area contributed by atoms with Gasteiger partial charge in [0.1, 0.15) is 5.03 Å². The molecule has 0 N–H and O–H groups in total. The number of halogens is 2. The summed E-state index contributed by atoms with van der Waals surface area (Å²) in [5.41, 5.74) is 4.08. The van der Waals surface area contributed by atoms with E-state index in [1.165, 1.54) is 5.56 Å². The first-order chi connectivity index (χ1) is 16.2. The summed E-state index contributed by atoms with van der Waals surface area (Å²) in [7, 11) is 0. The van der Waals surface area contributed by atoms with Crippen molar-refractivity contribution in [3.05, 3.63) is 106 Å². The number of hydrogen-bond donors (Lipinski definition) is 0. The summed E-state index contributed by atoms with van der Waals surface area (Å²) in [6, 6.07) is 26.0. The fraction of sp³-hybridized carbons (Fsp3) is 0.0833. The molecule has 33 heavy (non-hydrogen) atoms. The van der Waals surface area contributed by atoms with Crippen LogP contribution < -0.4 is 0 Å². The molecule has 164 valence electrons. The van der Waals surface area contributed by atoms with Crippen LogP contribution in [-0.4, -0.2) is 30.0 Å². The molecule has 0 aliphatic rings. The van der Waals surface area contributed by atoms with Crippen molar-refractivity contribution in [3.8, 4) is 17.1 Å². The highest BCUT2D eigenvalue weighted by molar-refractivity contribution is 9.10. The van der Waals surface area contributed by atoms with Gasteiger partial charge in [0.15, 0.2) is 0 Å². The Balaban J connectivity index is 1.47. The highest BCUT2D eigenvalue weighted by Crippen LogP contribution is 2.33. The second-order valence-corrected chi connectivity index (χ2v) is 9.61. The van der Waals surface area contributed by atoms with Crippen LogP contribution in [0.2, 0.25) is 5.02 Å². The van der Waals surface area contributed by atoms with E-state index in [9.17, 15) is 0 Å². The molecule has 2 heterocycles. The van der Waals surface area contributed by atoms with Crippen molar-refractivity contribution in [3.63, 3.8) is 0 Å². The molecule has 0 bridgehead atoms. The molecular formula is C24H18BrClN6S. The van der Waals surface area contributed by atoms with Crippen LogP contribution in [0.25, 0.3) is 17.1 Å². The highest BCUT2D eigenvalue weighted by atomic mass is 79.9. The number of hydrogen-bond acceptors (Lipinski definition) is 5. The molecule has 0 spiro atoms. The highest BCUT2D eigenvalue weighted by Gasteiger charge is 2.19. The van der Waals surface area contributed by atoms with Crippen LogP contribution in [0.3, 0.4) is 0 Å². The Labute approximate surface area is 208 Å². The van der Waals surface area contributed by atoms with E-state index in [1.807, 2.05) is 71.4 Å². The maximum atomic E-state index is 6.09. The Hall–Kier alpha value is -2.94. The second kappa shape index (κ2) is 9.91. The van der Waals surface area contributed by atoms with Gasteiger partial charge in [0, 0.05) is 15.2 Å². The van der Waals surface area contributed by atoms with E-state index in [4.69, 9.17) is 11.6 Å². The van der Waals surface area contributed by atoms with Gasteiger partial charge in [-0.1, -0.05) is 70.0 Å². The lowest BCUT2D eigenvalue weighted by Crippen LogP contribution is -2.03. The van der Waals surface area contributed by atoms with E-state index in [2.05, 4.69) is 48.6 Å². The molecule has 0 aliphatic carbocycles. The lowest BCUT2D eigenvalue weighted by Gasteiger charge is -2.09. The number of rotatable bonds is 7. The van der Waals surface area contributed by atoms with Gasteiger partial charge in [-0.3, -0.25) is 0 Å². The maximum Gasteiger partial charge on any atom is 0.209 e. The smallest absolute Gasteiger partial charge is 0.209 e. The largest absolute Gasteiger partial charge is 0.226 e. The third-order valence-electron chi connectivity index (χ3n) is 4.95. The van der Waals surface area contributed by atoms with Crippen LogP contribution in [0.15, 0.2) is 94.6 Å². The fourth-order valence-electron chi connectivity index (χ4n) is 3.29. The van der Waals surface area contributed by atoms with Crippen LogP contribution in [0.5, 0.6) is 0 Å². The molecule has 0 radical (unpaired) electrons. The van der Waals surface area contributed by atoms with Crippen molar-refractivity contribution in [1.29, 1.82) is 0 Å². The molecule has 2 aromatic heterocycles. The van der Waals surface area contributed by atoms with E-state index < -0.39 is 0 Å². The Kier molecular flexibility index (Phi) is 6.57. The molecule has 0 fully saturated rings. The first-order valence-electron chi connectivity index (χ1n) is 10.2. The Bertz CT molecular complexity index is 1350. The second-order valence-electron chi connectivity index (χ2n) is 7.30. The monoisotopic (exact) mass is 536 g/mol. The van der Waals surface area contributed by atoms with Crippen LogP contribution in [0, 0.1) is 0 Å².